The van der Waals surface area contributed by atoms with Gasteiger partial charge in [0.2, 0.25) is 0 Å². The van der Waals surface area contributed by atoms with E-state index in [2.05, 4.69) is 22.5 Å². The van der Waals surface area contributed by atoms with Crippen LogP contribution in [0.2, 0.25) is 0 Å². The average Bonchev–Trinajstić information content (AvgIpc) is 3.02. The van der Waals surface area contributed by atoms with Crippen molar-refractivity contribution in [2.45, 2.75) is 13.3 Å². The number of aromatic nitrogens is 1. The molecule has 1 saturated carbocycles. The summed E-state index contributed by atoms with van der Waals surface area (Å²) >= 11 is 0. The van der Waals surface area contributed by atoms with Gasteiger partial charge in [-0.3, -0.25) is 4.79 Å². The molecule has 1 aromatic rings. The fraction of sp³-hybridized carbons (Fsp3) is 0.500. The van der Waals surface area contributed by atoms with Crippen LogP contribution in [0.15, 0.2) is 18.3 Å². The second kappa shape index (κ2) is 4.51. The second-order valence-corrected chi connectivity index (χ2v) is 4.37. The van der Waals surface area contributed by atoms with Gasteiger partial charge < -0.3 is 10.6 Å². The van der Waals surface area contributed by atoms with E-state index < -0.39 is 0 Å². The number of pyridine rings is 1. The van der Waals surface area contributed by atoms with Crippen molar-refractivity contribution < 1.29 is 4.79 Å². The van der Waals surface area contributed by atoms with Crippen LogP contribution in [0.25, 0.3) is 0 Å². The number of rotatable bonds is 4. The van der Waals surface area contributed by atoms with Gasteiger partial charge in [0.15, 0.2) is 0 Å². The molecule has 1 amide bonds. The number of hydrogen-bond acceptors (Lipinski definition) is 3. The lowest BCUT2D eigenvalue weighted by molar-refractivity contribution is 0.0951. The summed E-state index contributed by atoms with van der Waals surface area (Å²) < 4.78 is 0. The largest absolute Gasteiger partial charge is 0.373 e. The predicted molar refractivity (Wildman–Crippen MR) is 63.4 cm³/mol. The number of nitrogens with one attached hydrogen (secondary N) is 2. The maximum Gasteiger partial charge on any atom is 0.252 e. The van der Waals surface area contributed by atoms with Crippen molar-refractivity contribution in [1.82, 2.24) is 10.3 Å². The number of amides is 1. The predicted octanol–water partition coefficient (Wildman–Crippen LogP) is 1.51. The highest BCUT2D eigenvalue weighted by Crippen LogP contribution is 2.36. The number of hydrogen-bond donors (Lipinski definition) is 2. The van der Waals surface area contributed by atoms with Gasteiger partial charge in [0.05, 0.1) is 5.56 Å². The van der Waals surface area contributed by atoms with Crippen molar-refractivity contribution in [3.05, 3.63) is 23.9 Å². The third-order valence-corrected chi connectivity index (χ3v) is 3.08. The van der Waals surface area contributed by atoms with Crippen molar-refractivity contribution in [2.75, 3.05) is 18.9 Å². The Morgan fingerprint density at radius 3 is 2.81 bits per heavy atom. The van der Waals surface area contributed by atoms with Crippen LogP contribution in [0.4, 0.5) is 5.82 Å². The standard InChI is InChI=1S/C12H17N3O/c1-8-5-10(8)7-15-12(16)9-3-4-11(13-2)14-6-9/h3-4,6,8,10H,5,7H2,1-2H3,(H,13,14)(H,15,16). The van der Waals surface area contributed by atoms with E-state index >= 15 is 0 Å². The summed E-state index contributed by atoms with van der Waals surface area (Å²) in [6, 6.07) is 3.58. The highest BCUT2D eigenvalue weighted by atomic mass is 16.1. The molecular formula is C12H17N3O. The highest BCUT2D eigenvalue weighted by Gasteiger charge is 2.32. The van der Waals surface area contributed by atoms with E-state index in [0.29, 0.717) is 11.5 Å². The average molecular weight is 219 g/mol. The molecular weight excluding hydrogens is 202 g/mol. The summed E-state index contributed by atoms with van der Waals surface area (Å²) in [5.74, 6) is 2.18. The lowest BCUT2D eigenvalue weighted by atomic mass is 10.2. The molecule has 1 heterocycles. The van der Waals surface area contributed by atoms with Crippen LogP contribution in [-0.2, 0) is 0 Å². The first-order chi connectivity index (χ1) is 7.70. The van der Waals surface area contributed by atoms with Gasteiger partial charge in [-0.25, -0.2) is 4.98 Å². The Bertz CT molecular complexity index is 374. The number of anilines is 1. The number of carbonyl (C=O) groups excluding carboxylic acids is 1. The van der Waals surface area contributed by atoms with Gasteiger partial charge in [-0.05, 0) is 30.4 Å². The van der Waals surface area contributed by atoms with Crippen LogP contribution in [0.5, 0.6) is 0 Å². The third-order valence-electron chi connectivity index (χ3n) is 3.08. The quantitative estimate of drug-likeness (QED) is 0.807. The normalized spacial score (nSPS) is 22.6. The van der Waals surface area contributed by atoms with Crippen molar-refractivity contribution in [3.63, 3.8) is 0 Å². The molecule has 0 bridgehead atoms. The van der Waals surface area contributed by atoms with Gasteiger partial charge in [-0.1, -0.05) is 6.92 Å². The second-order valence-electron chi connectivity index (χ2n) is 4.37. The van der Waals surface area contributed by atoms with E-state index in [1.807, 2.05) is 0 Å². The Kier molecular flexibility index (Phi) is 3.08. The first kappa shape index (κ1) is 10.9. The molecule has 0 spiro atoms. The molecule has 2 rings (SSSR count). The summed E-state index contributed by atoms with van der Waals surface area (Å²) in [6.45, 7) is 2.99. The minimum atomic E-state index is -0.0331. The zero-order chi connectivity index (χ0) is 11.5. The van der Waals surface area contributed by atoms with Crippen LogP contribution in [0.3, 0.4) is 0 Å². The van der Waals surface area contributed by atoms with E-state index in [0.717, 1.165) is 18.3 Å². The van der Waals surface area contributed by atoms with E-state index in [1.54, 1.807) is 25.4 Å². The summed E-state index contributed by atoms with van der Waals surface area (Å²) in [4.78, 5) is 15.8. The van der Waals surface area contributed by atoms with Gasteiger partial charge in [-0.2, -0.15) is 0 Å². The van der Waals surface area contributed by atoms with Crippen LogP contribution in [-0.4, -0.2) is 24.5 Å². The molecule has 2 N–H and O–H groups in total. The molecule has 0 aliphatic heterocycles. The Hall–Kier alpha value is -1.58. The highest BCUT2D eigenvalue weighted by molar-refractivity contribution is 5.94. The summed E-state index contributed by atoms with van der Waals surface area (Å²) in [6.07, 6.45) is 2.83. The van der Waals surface area contributed by atoms with Crippen LogP contribution >= 0.6 is 0 Å². The molecule has 1 aromatic heterocycles. The lowest BCUT2D eigenvalue weighted by Gasteiger charge is -2.04. The Labute approximate surface area is 95.5 Å². The fourth-order valence-electron chi connectivity index (χ4n) is 1.69. The lowest BCUT2D eigenvalue weighted by Crippen LogP contribution is -2.26. The van der Waals surface area contributed by atoms with Gasteiger partial charge in [-0.15, -0.1) is 0 Å². The van der Waals surface area contributed by atoms with E-state index in [9.17, 15) is 4.79 Å². The topological polar surface area (TPSA) is 54.0 Å². The monoisotopic (exact) mass is 219 g/mol. The first-order valence-corrected chi connectivity index (χ1v) is 5.62. The van der Waals surface area contributed by atoms with Crippen LogP contribution in [0.1, 0.15) is 23.7 Å². The molecule has 2 atom stereocenters. The number of nitrogens with zero attached hydrogens (tertiary/aromatic N) is 1. The molecule has 0 aromatic carbocycles. The molecule has 2 unspecified atom stereocenters. The third kappa shape index (κ3) is 2.51. The van der Waals surface area contributed by atoms with E-state index in [1.165, 1.54) is 6.42 Å². The molecule has 1 aliphatic rings. The van der Waals surface area contributed by atoms with Gasteiger partial charge >= 0.3 is 0 Å². The minimum Gasteiger partial charge on any atom is -0.373 e. The van der Waals surface area contributed by atoms with Crippen LogP contribution < -0.4 is 10.6 Å². The molecule has 16 heavy (non-hydrogen) atoms. The first-order valence-electron chi connectivity index (χ1n) is 5.62. The van der Waals surface area contributed by atoms with Crippen LogP contribution in [0, 0.1) is 11.8 Å². The number of carbonyl (C=O) groups is 1. The molecule has 0 saturated heterocycles. The Morgan fingerprint density at radius 1 is 1.56 bits per heavy atom. The Balaban J connectivity index is 1.87. The molecule has 4 heteroatoms. The van der Waals surface area contributed by atoms with Crippen molar-refractivity contribution in [2.24, 2.45) is 11.8 Å². The summed E-state index contributed by atoms with van der Waals surface area (Å²) in [5.41, 5.74) is 0.618. The minimum absolute atomic E-state index is 0.0331. The molecule has 1 aliphatic carbocycles. The zero-order valence-electron chi connectivity index (χ0n) is 9.66. The molecule has 4 nitrogen and oxygen atoms in total. The summed E-state index contributed by atoms with van der Waals surface area (Å²) in [5, 5.41) is 5.85. The molecule has 86 valence electrons. The van der Waals surface area contributed by atoms with Crippen molar-refractivity contribution in [1.29, 1.82) is 0 Å². The maximum absolute atomic E-state index is 11.7. The molecule has 1 fully saturated rings. The fourth-order valence-corrected chi connectivity index (χ4v) is 1.69. The van der Waals surface area contributed by atoms with Gasteiger partial charge in [0.25, 0.3) is 5.91 Å². The SMILES string of the molecule is CNc1ccc(C(=O)NCC2CC2C)cn1. The van der Waals surface area contributed by atoms with Crippen molar-refractivity contribution >= 4 is 11.7 Å². The zero-order valence-corrected chi connectivity index (χ0v) is 9.66. The van der Waals surface area contributed by atoms with Gasteiger partial charge in [0.1, 0.15) is 5.82 Å². The van der Waals surface area contributed by atoms with Gasteiger partial charge in [0, 0.05) is 19.8 Å². The van der Waals surface area contributed by atoms with E-state index in [4.69, 9.17) is 0 Å². The molecule has 0 radical (unpaired) electrons. The Morgan fingerprint density at radius 2 is 2.31 bits per heavy atom. The van der Waals surface area contributed by atoms with Crippen molar-refractivity contribution in [3.8, 4) is 0 Å². The maximum atomic E-state index is 11.7. The van der Waals surface area contributed by atoms with E-state index in [-0.39, 0.29) is 5.91 Å². The smallest absolute Gasteiger partial charge is 0.252 e. The summed E-state index contributed by atoms with van der Waals surface area (Å²) in [7, 11) is 1.80.